The standard InChI is InChI=1S/C23H27N3O4/c27-22(10-5-11-26-20-8-3-4-9-21(20)30-23(26)28)24-16-18-6-1-2-7-19(18)17-25-12-14-29-15-13-25/h1-4,6-9H,5,10-17H2,(H,24,27). The van der Waals surface area contributed by atoms with Gasteiger partial charge in [0, 0.05) is 39.1 Å². The Hall–Kier alpha value is -2.90. The average Bonchev–Trinajstić information content (AvgIpc) is 3.09. The number of para-hydroxylation sites is 2. The quantitative estimate of drug-likeness (QED) is 0.619. The Bertz CT molecular complexity index is 1050. The summed E-state index contributed by atoms with van der Waals surface area (Å²) in [7, 11) is 0. The summed E-state index contributed by atoms with van der Waals surface area (Å²) in [6, 6.07) is 15.5. The lowest BCUT2D eigenvalue weighted by atomic mass is 10.1. The molecule has 0 unspecified atom stereocenters. The van der Waals surface area contributed by atoms with Crippen molar-refractivity contribution in [2.24, 2.45) is 0 Å². The summed E-state index contributed by atoms with van der Waals surface area (Å²) >= 11 is 0. The van der Waals surface area contributed by atoms with Gasteiger partial charge in [0.05, 0.1) is 18.7 Å². The third-order valence-electron chi connectivity index (χ3n) is 5.45. The highest BCUT2D eigenvalue weighted by Crippen LogP contribution is 2.14. The van der Waals surface area contributed by atoms with Gasteiger partial charge in [0.1, 0.15) is 0 Å². The number of hydrogen-bond donors (Lipinski definition) is 1. The number of nitrogens with one attached hydrogen (secondary N) is 1. The highest BCUT2D eigenvalue weighted by Gasteiger charge is 2.13. The number of aryl methyl sites for hydroxylation is 1. The van der Waals surface area contributed by atoms with E-state index in [-0.39, 0.29) is 11.7 Å². The molecule has 1 aliphatic rings. The average molecular weight is 409 g/mol. The molecule has 0 atom stereocenters. The molecule has 1 saturated heterocycles. The molecule has 0 saturated carbocycles. The summed E-state index contributed by atoms with van der Waals surface area (Å²) in [6.45, 7) is 5.24. The number of oxazole rings is 1. The Morgan fingerprint density at radius 1 is 1.00 bits per heavy atom. The molecule has 2 heterocycles. The monoisotopic (exact) mass is 409 g/mol. The fraction of sp³-hybridized carbons (Fsp3) is 0.391. The van der Waals surface area contributed by atoms with Crippen LogP contribution in [0.1, 0.15) is 24.0 Å². The fourth-order valence-electron chi connectivity index (χ4n) is 3.79. The smallest absolute Gasteiger partial charge is 0.408 e. The molecule has 0 bridgehead atoms. The normalized spacial score (nSPS) is 14.8. The summed E-state index contributed by atoms with van der Waals surface area (Å²) < 4.78 is 12.2. The Balaban J connectivity index is 1.28. The first-order valence-electron chi connectivity index (χ1n) is 10.4. The predicted octanol–water partition coefficient (Wildman–Crippen LogP) is 2.52. The Kier molecular flexibility index (Phi) is 6.61. The molecule has 1 aromatic heterocycles. The number of benzene rings is 2. The van der Waals surface area contributed by atoms with Gasteiger partial charge in [-0.3, -0.25) is 14.3 Å². The van der Waals surface area contributed by atoms with Crippen LogP contribution in [-0.4, -0.2) is 41.7 Å². The van der Waals surface area contributed by atoms with Crippen molar-refractivity contribution in [3.63, 3.8) is 0 Å². The second-order valence-corrected chi connectivity index (χ2v) is 7.52. The summed E-state index contributed by atoms with van der Waals surface area (Å²) in [4.78, 5) is 26.7. The summed E-state index contributed by atoms with van der Waals surface area (Å²) in [6.07, 6.45) is 0.933. The summed E-state index contributed by atoms with van der Waals surface area (Å²) in [5.74, 6) is -0.398. The Morgan fingerprint density at radius 3 is 2.57 bits per heavy atom. The second-order valence-electron chi connectivity index (χ2n) is 7.52. The first-order valence-corrected chi connectivity index (χ1v) is 10.4. The molecular weight excluding hydrogens is 382 g/mol. The molecule has 30 heavy (non-hydrogen) atoms. The number of aromatic nitrogens is 1. The van der Waals surface area contributed by atoms with Crippen molar-refractivity contribution in [3.05, 3.63) is 70.2 Å². The maximum absolute atomic E-state index is 12.3. The van der Waals surface area contributed by atoms with Gasteiger partial charge in [0.25, 0.3) is 0 Å². The SMILES string of the molecule is O=C(CCCn1c(=O)oc2ccccc21)NCc1ccccc1CN1CCOCC1. The predicted molar refractivity (Wildman–Crippen MR) is 114 cm³/mol. The van der Waals surface area contributed by atoms with Gasteiger partial charge in [0.2, 0.25) is 5.91 Å². The van der Waals surface area contributed by atoms with Gasteiger partial charge in [-0.1, -0.05) is 36.4 Å². The zero-order chi connectivity index (χ0) is 20.8. The first-order chi connectivity index (χ1) is 14.7. The first kappa shape index (κ1) is 20.4. The van der Waals surface area contributed by atoms with Crippen molar-refractivity contribution in [2.75, 3.05) is 26.3 Å². The van der Waals surface area contributed by atoms with Gasteiger partial charge < -0.3 is 14.5 Å². The minimum atomic E-state index is -0.381. The van der Waals surface area contributed by atoms with Crippen LogP contribution in [0.5, 0.6) is 0 Å². The second kappa shape index (κ2) is 9.73. The van der Waals surface area contributed by atoms with E-state index in [0.717, 1.165) is 43.9 Å². The van der Waals surface area contributed by atoms with E-state index < -0.39 is 0 Å². The van der Waals surface area contributed by atoms with E-state index in [1.807, 2.05) is 30.3 Å². The molecule has 0 radical (unpaired) electrons. The molecule has 1 fully saturated rings. The number of rotatable bonds is 8. The highest BCUT2D eigenvalue weighted by atomic mass is 16.5. The number of carbonyl (C=O) groups is 1. The molecule has 1 aliphatic heterocycles. The summed E-state index contributed by atoms with van der Waals surface area (Å²) in [5.41, 5.74) is 3.70. The lowest BCUT2D eigenvalue weighted by molar-refractivity contribution is -0.121. The van der Waals surface area contributed by atoms with Gasteiger partial charge in [-0.2, -0.15) is 0 Å². The molecule has 0 aliphatic carbocycles. The maximum atomic E-state index is 12.3. The van der Waals surface area contributed by atoms with Crippen molar-refractivity contribution in [2.45, 2.75) is 32.5 Å². The molecule has 1 N–H and O–H groups in total. The molecule has 7 heteroatoms. The molecule has 0 spiro atoms. The van der Waals surface area contributed by atoms with Crippen LogP contribution < -0.4 is 11.1 Å². The number of ether oxygens (including phenoxy) is 1. The van der Waals surface area contributed by atoms with Gasteiger partial charge in [-0.05, 0) is 29.7 Å². The van der Waals surface area contributed by atoms with Crippen LogP contribution in [0, 0.1) is 0 Å². The highest BCUT2D eigenvalue weighted by molar-refractivity contribution is 5.76. The topological polar surface area (TPSA) is 76.7 Å². The third-order valence-corrected chi connectivity index (χ3v) is 5.45. The van der Waals surface area contributed by atoms with Gasteiger partial charge in [-0.15, -0.1) is 0 Å². The third kappa shape index (κ3) is 4.98. The van der Waals surface area contributed by atoms with E-state index >= 15 is 0 Å². The van der Waals surface area contributed by atoms with E-state index in [0.29, 0.717) is 31.5 Å². The summed E-state index contributed by atoms with van der Waals surface area (Å²) in [5, 5.41) is 3.02. The minimum absolute atomic E-state index is 0.0166. The van der Waals surface area contributed by atoms with Crippen molar-refractivity contribution >= 4 is 17.0 Å². The van der Waals surface area contributed by atoms with Crippen molar-refractivity contribution in [1.82, 2.24) is 14.8 Å². The van der Waals surface area contributed by atoms with Gasteiger partial charge in [-0.25, -0.2) is 4.79 Å². The fourth-order valence-corrected chi connectivity index (χ4v) is 3.79. The van der Waals surface area contributed by atoms with Gasteiger partial charge in [0.15, 0.2) is 5.58 Å². The number of fused-ring (bicyclic) bond motifs is 1. The van der Waals surface area contributed by atoms with Crippen molar-refractivity contribution < 1.29 is 13.9 Å². The van der Waals surface area contributed by atoms with Crippen molar-refractivity contribution in [3.8, 4) is 0 Å². The lowest BCUT2D eigenvalue weighted by Crippen LogP contribution is -2.36. The van der Waals surface area contributed by atoms with Crippen LogP contribution in [0.2, 0.25) is 0 Å². The van der Waals surface area contributed by atoms with Crippen LogP contribution in [0.15, 0.2) is 57.7 Å². The number of amides is 1. The molecule has 3 aromatic rings. The molecule has 7 nitrogen and oxygen atoms in total. The van der Waals surface area contributed by atoms with Crippen LogP contribution in [0.3, 0.4) is 0 Å². The molecule has 158 valence electrons. The Labute approximate surface area is 175 Å². The molecular formula is C23H27N3O4. The Morgan fingerprint density at radius 2 is 1.73 bits per heavy atom. The molecule has 4 rings (SSSR count). The van der Waals surface area contributed by atoms with Crippen LogP contribution in [0.4, 0.5) is 0 Å². The van der Waals surface area contributed by atoms with Crippen LogP contribution in [-0.2, 0) is 29.2 Å². The molecule has 2 aromatic carbocycles. The van der Waals surface area contributed by atoms with E-state index in [4.69, 9.17) is 9.15 Å². The van der Waals surface area contributed by atoms with E-state index in [2.05, 4.69) is 22.3 Å². The largest absolute Gasteiger partial charge is 0.419 e. The van der Waals surface area contributed by atoms with E-state index in [1.54, 1.807) is 10.6 Å². The number of hydrogen-bond acceptors (Lipinski definition) is 5. The lowest BCUT2D eigenvalue weighted by Gasteiger charge is -2.27. The molecule has 1 amide bonds. The maximum Gasteiger partial charge on any atom is 0.419 e. The number of morpholine rings is 1. The zero-order valence-electron chi connectivity index (χ0n) is 17.0. The number of carbonyl (C=O) groups excluding carboxylic acids is 1. The minimum Gasteiger partial charge on any atom is -0.408 e. The van der Waals surface area contributed by atoms with E-state index in [1.165, 1.54) is 5.56 Å². The van der Waals surface area contributed by atoms with E-state index in [9.17, 15) is 9.59 Å². The van der Waals surface area contributed by atoms with Gasteiger partial charge >= 0.3 is 5.76 Å². The number of nitrogens with zero attached hydrogens (tertiary/aromatic N) is 2. The van der Waals surface area contributed by atoms with Crippen molar-refractivity contribution in [1.29, 1.82) is 0 Å². The zero-order valence-corrected chi connectivity index (χ0v) is 17.0. The van der Waals surface area contributed by atoms with Crippen LogP contribution >= 0.6 is 0 Å². The van der Waals surface area contributed by atoms with Crippen LogP contribution in [0.25, 0.3) is 11.1 Å².